The number of ether oxygens (including phenoxy) is 1. The molecule has 1 unspecified atom stereocenters. The first-order valence-electron chi connectivity index (χ1n) is 8.04. The van der Waals surface area contributed by atoms with Gasteiger partial charge in [-0.2, -0.15) is 5.10 Å². The van der Waals surface area contributed by atoms with E-state index in [0.717, 1.165) is 5.56 Å². The van der Waals surface area contributed by atoms with E-state index in [-0.39, 0.29) is 5.91 Å². The summed E-state index contributed by atoms with van der Waals surface area (Å²) in [5.41, 5.74) is 3.91. The summed E-state index contributed by atoms with van der Waals surface area (Å²) in [7, 11) is 1.47. The van der Waals surface area contributed by atoms with Crippen LogP contribution < -0.4 is 5.43 Å². The van der Waals surface area contributed by atoms with Gasteiger partial charge in [-0.05, 0) is 35.9 Å². The maximum Gasteiger partial charge on any atom is 0.273 e. The normalized spacial score (nSPS) is 12.3. The number of carbonyl (C=O) groups is 1. The number of methoxy groups -OCH3 is 1. The standard InChI is InChI=1S/C20H16Cl2N2O3/c1-26-19(13-5-3-2-4-6-13)20(25)24-23-12-15-8-10-18(27-15)16-9-7-14(21)11-17(16)22/h2-12,19H,1H3,(H,24,25). The Morgan fingerprint density at radius 2 is 1.93 bits per heavy atom. The fourth-order valence-corrected chi connectivity index (χ4v) is 3.00. The molecular weight excluding hydrogens is 387 g/mol. The van der Waals surface area contributed by atoms with Crippen LogP contribution in [-0.2, 0) is 9.53 Å². The minimum absolute atomic E-state index is 0.382. The molecular formula is C20H16Cl2N2O3. The predicted molar refractivity (Wildman–Crippen MR) is 106 cm³/mol. The van der Waals surface area contributed by atoms with Crippen LogP contribution in [0.4, 0.5) is 0 Å². The van der Waals surface area contributed by atoms with Gasteiger partial charge in [0.15, 0.2) is 6.10 Å². The van der Waals surface area contributed by atoms with E-state index in [2.05, 4.69) is 10.5 Å². The van der Waals surface area contributed by atoms with E-state index < -0.39 is 6.10 Å². The fourth-order valence-electron chi connectivity index (χ4n) is 2.50. The lowest BCUT2D eigenvalue weighted by Crippen LogP contribution is -2.26. The molecule has 138 valence electrons. The second-order valence-electron chi connectivity index (χ2n) is 5.59. The van der Waals surface area contributed by atoms with Crippen LogP contribution in [0.25, 0.3) is 11.3 Å². The zero-order chi connectivity index (χ0) is 19.2. The molecule has 0 radical (unpaired) electrons. The third-order valence-corrected chi connectivity index (χ3v) is 4.31. The smallest absolute Gasteiger partial charge is 0.273 e. The van der Waals surface area contributed by atoms with E-state index in [1.807, 2.05) is 30.3 Å². The number of furan rings is 1. The van der Waals surface area contributed by atoms with Crippen LogP contribution in [0.2, 0.25) is 10.0 Å². The molecule has 0 spiro atoms. The molecule has 2 aromatic carbocycles. The van der Waals surface area contributed by atoms with Crippen molar-refractivity contribution in [3.63, 3.8) is 0 Å². The first-order chi connectivity index (χ1) is 13.1. The van der Waals surface area contributed by atoms with E-state index in [1.54, 1.807) is 30.3 Å². The number of rotatable bonds is 6. The predicted octanol–water partition coefficient (Wildman–Crippen LogP) is 5.09. The average molecular weight is 403 g/mol. The summed E-state index contributed by atoms with van der Waals surface area (Å²) in [5, 5.41) is 4.96. The van der Waals surface area contributed by atoms with E-state index >= 15 is 0 Å². The Hall–Kier alpha value is -2.60. The van der Waals surface area contributed by atoms with Gasteiger partial charge in [-0.25, -0.2) is 5.43 Å². The van der Waals surface area contributed by atoms with Gasteiger partial charge in [-0.3, -0.25) is 4.79 Å². The van der Waals surface area contributed by atoms with Crippen molar-refractivity contribution in [2.75, 3.05) is 7.11 Å². The lowest BCUT2D eigenvalue weighted by Gasteiger charge is -2.13. The van der Waals surface area contributed by atoms with Gasteiger partial charge in [0.25, 0.3) is 5.91 Å². The van der Waals surface area contributed by atoms with Crippen LogP contribution in [0.15, 0.2) is 70.2 Å². The zero-order valence-electron chi connectivity index (χ0n) is 14.4. The molecule has 27 heavy (non-hydrogen) atoms. The van der Waals surface area contributed by atoms with Crippen molar-refractivity contribution in [2.24, 2.45) is 5.10 Å². The maximum atomic E-state index is 12.3. The Kier molecular flexibility index (Phi) is 6.29. The minimum atomic E-state index is -0.747. The van der Waals surface area contributed by atoms with Crippen molar-refractivity contribution in [1.29, 1.82) is 0 Å². The molecule has 5 nitrogen and oxygen atoms in total. The van der Waals surface area contributed by atoms with Gasteiger partial charge < -0.3 is 9.15 Å². The molecule has 0 bridgehead atoms. The van der Waals surface area contributed by atoms with Crippen LogP contribution in [0, 0.1) is 0 Å². The highest BCUT2D eigenvalue weighted by Gasteiger charge is 2.19. The van der Waals surface area contributed by atoms with Gasteiger partial charge in [0.1, 0.15) is 11.5 Å². The number of hydrogen-bond acceptors (Lipinski definition) is 4. The lowest BCUT2D eigenvalue weighted by atomic mass is 10.1. The molecule has 0 saturated heterocycles. The van der Waals surface area contributed by atoms with Crippen molar-refractivity contribution in [1.82, 2.24) is 5.43 Å². The largest absolute Gasteiger partial charge is 0.455 e. The van der Waals surface area contributed by atoms with Gasteiger partial charge in [-0.1, -0.05) is 53.5 Å². The Labute approximate surface area is 166 Å². The first kappa shape index (κ1) is 19.2. The van der Waals surface area contributed by atoms with E-state index in [1.165, 1.54) is 13.3 Å². The molecule has 0 aliphatic heterocycles. The SMILES string of the molecule is COC(C(=O)NN=Cc1ccc(-c2ccc(Cl)cc2Cl)o1)c1ccccc1. The average Bonchev–Trinajstić information content (AvgIpc) is 3.12. The molecule has 1 heterocycles. The van der Waals surface area contributed by atoms with Crippen LogP contribution in [0.1, 0.15) is 17.4 Å². The molecule has 0 aliphatic carbocycles. The summed E-state index contributed by atoms with van der Waals surface area (Å²) in [4.78, 5) is 12.3. The van der Waals surface area contributed by atoms with Crippen molar-refractivity contribution in [2.45, 2.75) is 6.10 Å². The number of halogens is 2. The number of nitrogens with one attached hydrogen (secondary N) is 1. The molecule has 0 fully saturated rings. The van der Waals surface area contributed by atoms with E-state index in [0.29, 0.717) is 27.1 Å². The maximum absolute atomic E-state index is 12.3. The van der Waals surface area contributed by atoms with Gasteiger partial charge in [0.2, 0.25) is 0 Å². The molecule has 1 aromatic heterocycles. The molecule has 3 rings (SSSR count). The highest BCUT2D eigenvalue weighted by Crippen LogP contribution is 2.31. The number of hydrazone groups is 1. The number of hydrogen-bond donors (Lipinski definition) is 1. The Bertz CT molecular complexity index is 955. The third kappa shape index (κ3) is 4.77. The van der Waals surface area contributed by atoms with Gasteiger partial charge in [-0.15, -0.1) is 0 Å². The molecule has 0 saturated carbocycles. The third-order valence-electron chi connectivity index (χ3n) is 3.77. The zero-order valence-corrected chi connectivity index (χ0v) is 15.9. The summed E-state index contributed by atoms with van der Waals surface area (Å²) in [6.07, 6.45) is 0.659. The first-order valence-corrected chi connectivity index (χ1v) is 8.80. The molecule has 1 amide bonds. The highest BCUT2D eigenvalue weighted by molar-refractivity contribution is 6.36. The summed E-state index contributed by atoms with van der Waals surface area (Å²) < 4.78 is 10.9. The summed E-state index contributed by atoms with van der Waals surface area (Å²) in [5.74, 6) is 0.654. The van der Waals surface area contributed by atoms with Crippen molar-refractivity contribution in [3.8, 4) is 11.3 Å². The van der Waals surface area contributed by atoms with Crippen LogP contribution in [-0.4, -0.2) is 19.2 Å². The van der Waals surface area contributed by atoms with Crippen molar-refractivity contribution >= 4 is 35.3 Å². The van der Waals surface area contributed by atoms with Crippen LogP contribution >= 0.6 is 23.2 Å². The van der Waals surface area contributed by atoms with Crippen LogP contribution in [0.5, 0.6) is 0 Å². The number of amides is 1. The summed E-state index contributed by atoms with van der Waals surface area (Å²) in [6, 6.07) is 17.8. The second kappa shape index (κ2) is 8.86. The Morgan fingerprint density at radius 1 is 1.15 bits per heavy atom. The van der Waals surface area contributed by atoms with E-state index in [4.69, 9.17) is 32.4 Å². The van der Waals surface area contributed by atoms with Crippen molar-refractivity contribution in [3.05, 3.63) is 82.0 Å². The van der Waals surface area contributed by atoms with Gasteiger partial charge in [0, 0.05) is 17.7 Å². The minimum Gasteiger partial charge on any atom is -0.455 e. The van der Waals surface area contributed by atoms with Gasteiger partial charge >= 0.3 is 0 Å². The molecule has 3 aromatic rings. The number of carbonyl (C=O) groups excluding carboxylic acids is 1. The quantitative estimate of drug-likeness (QED) is 0.461. The topological polar surface area (TPSA) is 63.8 Å². The Morgan fingerprint density at radius 3 is 2.63 bits per heavy atom. The lowest BCUT2D eigenvalue weighted by molar-refractivity contribution is -0.131. The second-order valence-corrected chi connectivity index (χ2v) is 6.43. The van der Waals surface area contributed by atoms with Gasteiger partial charge in [0.05, 0.1) is 11.2 Å². The molecule has 7 heteroatoms. The van der Waals surface area contributed by atoms with Crippen LogP contribution in [0.3, 0.4) is 0 Å². The summed E-state index contributed by atoms with van der Waals surface area (Å²) >= 11 is 12.1. The number of benzene rings is 2. The molecule has 1 atom stereocenters. The monoisotopic (exact) mass is 402 g/mol. The number of nitrogens with zero attached hydrogens (tertiary/aromatic N) is 1. The Balaban J connectivity index is 1.66. The summed E-state index contributed by atoms with van der Waals surface area (Å²) in [6.45, 7) is 0. The molecule has 1 N–H and O–H groups in total. The van der Waals surface area contributed by atoms with Crippen molar-refractivity contribution < 1.29 is 13.9 Å². The molecule has 0 aliphatic rings. The van der Waals surface area contributed by atoms with E-state index in [9.17, 15) is 4.79 Å². The fraction of sp³-hybridized carbons (Fsp3) is 0.100. The highest BCUT2D eigenvalue weighted by atomic mass is 35.5.